The van der Waals surface area contributed by atoms with Crippen molar-refractivity contribution < 1.29 is 32.2 Å². The lowest BCUT2D eigenvalue weighted by Crippen LogP contribution is -2.47. The average Bonchev–Trinajstić information content (AvgIpc) is 3.25. The molecule has 9 nitrogen and oxygen atoms in total. The molecule has 3 aromatic rings. The molecule has 1 amide bonds. The summed E-state index contributed by atoms with van der Waals surface area (Å²) in [5, 5.41) is 12.8. The summed E-state index contributed by atoms with van der Waals surface area (Å²) in [5.41, 5.74) is 1.83. The van der Waals surface area contributed by atoms with Crippen LogP contribution in [0.4, 0.5) is 10.1 Å². The standard InChI is InChI=1S/C26H26FN3O6S/c27-16-4-7-20(8-5-16)37(33,34)30-17-6-9-23-21(11-17)22-12-19(35-24(15-31)26(22)36-23)13-25(32)29-14-18-3-1-2-10-28-18/h1-11,19,22,24,26,30-31H,12-15H2,(H,29,32)/t19-,22-,24+,26+/m0/s1. The number of aromatic nitrogens is 1. The Labute approximate surface area is 213 Å². The Morgan fingerprint density at radius 3 is 2.68 bits per heavy atom. The summed E-state index contributed by atoms with van der Waals surface area (Å²) >= 11 is 0. The van der Waals surface area contributed by atoms with Crippen molar-refractivity contribution in [1.29, 1.82) is 0 Å². The molecule has 1 aromatic heterocycles. The molecule has 0 unspecified atom stereocenters. The van der Waals surface area contributed by atoms with E-state index in [9.17, 15) is 22.7 Å². The number of hydrogen-bond donors (Lipinski definition) is 3. The molecule has 0 spiro atoms. The molecule has 0 aliphatic carbocycles. The SMILES string of the molecule is O=C(C[C@@H]1C[C@H]2c3cc(NS(=O)(=O)c4ccc(F)cc4)ccc3O[C@H]2[C@@H](CO)O1)NCc1ccccn1. The van der Waals surface area contributed by atoms with Gasteiger partial charge in [-0.15, -0.1) is 0 Å². The number of pyridine rings is 1. The molecule has 5 rings (SSSR count). The molecule has 0 radical (unpaired) electrons. The fourth-order valence-corrected chi connectivity index (χ4v) is 5.80. The highest BCUT2D eigenvalue weighted by Gasteiger charge is 2.46. The van der Waals surface area contributed by atoms with Gasteiger partial charge in [0.05, 0.1) is 36.3 Å². The van der Waals surface area contributed by atoms with Crippen molar-refractivity contribution >= 4 is 21.6 Å². The van der Waals surface area contributed by atoms with Crippen molar-refractivity contribution in [2.24, 2.45) is 0 Å². The minimum atomic E-state index is -3.93. The van der Waals surface area contributed by atoms with Crippen LogP contribution in [0, 0.1) is 5.82 Å². The number of benzene rings is 2. The van der Waals surface area contributed by atoms with Crippen LogP contribution in [0.1, 0.15) is 30.0 Å². The predicted octanol–water partition coefficient (Wildman–Crippen LogP) is 2.72. The van der Waals surface area contributed by atoms with E-state index >= 15 is 0 Å². The molecule has 2 aliphatic rings. The van der Waals surface area contributed by atoms with Crippen LogP contribution in [-0.4, -0.2) is 49.3 Å². The number of nitrogens with zero attached hydrogens (tertiary/aromatic N) is 1. The van der Waals surface area contributed by atoms with E-state index in [1.807, 2.05) is 12.1 Å². The van der Waals surface area contributed by atoms with Gasteiger partial charge in [0, 0.05) is 23.4 Å². The van der Waals surface area contributed by atoms with Gasteiger partial charge < -0.3 is 19.9 Å². The van der Waals surface area contributed by atoms with Crippen molar-refractivity contribution in [2.45, 2.75) is 48.5 Å². The Bertz CT molecular complexity index is 1370. The summed E-state index contributed by atoms with van der Waals surface area (Å²) in [7, 11) is -3.93. The molecule has 37 heavy (non-hydrogen) atoms. The van der Waals surface area contributed by atoms with Crippen molar-refractivity contribution in [3.05, 3.63) is 83.9 Å². The molecule has 1 fully saturated rings. The third-order valence-electron chi connectivity index (χ3n) is 6.48. The summed E-state index contributed by atoms with van der Waals surface area (Å²) in [6.45, 7) is 0.0106. The maximum absolute atomic E-state index is 13.2. The lowest BCUT2D eigenvalue weighted by Gasteiger charge is -2.37. The summed E-state index contributed by atoms with van der Waals surface area (Å²) < 4.78 is 53.3. The van der Waals surface area contributed by atoms with Crippen molar-refractivity contribution in [3.8, 4) is 5.75 Å². The van der Waals surface area contributed by atoms with Crippen LogP contribution in [0.5, 0.6) is 5.75 Å². The number of sulfonamides is 1. The van der Waals surface area contributed by atoms with E-state index in [1.54, 1.807) is 30.5 Å². The van der Waals surface area contributed by atoms with E-state index in [2.05, 4.69) is 15.0 Å². The second-order valence-electron chi connectivity index (χ2n) is 9.02. The Hall–Kier alpha value is -3.54. The van der Waals surface area contributed by atoms with Crippen molar-refractivity contribution in [1.82, 2.24) is 10.3 Å². The second-order valence-corrected chi connectivity index (χ2v) is 10.7. The molecule has 3 heterocycles. The minimum absolute atomic E-state index is 0.0632. The number of nitrogens with one attached hydrogen (secondary N) is 2. The Morgan fingerprint density at radius 2 is 1.95 bits per heavy atom. The molecule has 4 atom stereocenters. The van der Waals surface area contributed by atoms with Crippen LogP contribution >= 0.6 is 0 Å². The first-order chi connectivity index (χ1) is 17.8. The number of carbonyl (C=O) groups is 1. The molecular weight excluding hydrogens is 501 g/mol. The van der Waals surface area contributed by atoms with Crippen molar-refractivity contribution in [2.75, 3.05) is 11.3 Å². The first-order valence-corrected chi connectivity index (χ1v) is 13.3. The number of carbonyl (C=O) groups excluding carboxylic acids is 1. The number of halogens is 1. The third kappa shape index (κ3) is 5.58. The number of aliphatic hydroxyl groups excluding tert-OH is 1. The Morgan fingerprint density at radius 1 is 1.14 bits per heavy atom. The zero-order valence-corrected chi connectivity index (χ0v) is 20.5. The van der Waals surface area contributed by atoms with Gasteiger partial charge in [0.25, 0.3) is 10.0 Å². The number of ether oxygens (including phenoxy) is 2. The van der Waals surface area contributed by atoms with Gasteiger partial charge in [0.2, 0.25) is 5.91 Å². The van der Waals surface area contributed by atoms with Crippen LogP contribution < -0.4 is 14.8 Å². The minimum Gasteiger partial charge on any atom is -0.487 e. The zero-order valence-electron chi connectivity index (χ0n) is 19.7. The largest absolute Gasteiger partial charge is 0.487 e. The number of rotatable bonds is 8. The van der Waals surface area contributed by atoms with Gasteiger partial charge in [-0.05, 0) is 61.0 Å². The second kappa shape index (κ2) is 10.4. The van der Waals surface area contributed by atoms with Crippen LogP contribution in [0.2, 0.25) is 0 Å². The maximum atomic E-state index is 13.2. The fourth-order valence-electron chi connectivity index (χ4n) is 4.75. The first-order valence-electron chi connectivity index (χ1n) is 11.8. The molecule has 194 valence electrons. The highest BCUT2D eigenvalue weighted by molar-refractivity contribution is 7.92. The number of anilines is 1. The third-order valence-corrected chi connectivity index (χ3v) is 7.88. The summed E-state index contributed by atoms with van der Waals surface area (Å²) in [6, 6.07) is 14.9. The van der Waals surface area contributed by atoms with E-state index in [0.717, 1.165) is 23.4 Å². The van der Waals surface area contributed by atoms with Crippen molar-refractivity contribution in [3.63, 3.8) is 0 Å². The number of hydrogen-bond acceptors (Lipinski definition) is 7. The number of amides is 1. The number of fused-ring (bicyclic) bond motifs is 3. The van der Waals surface area contributed by atoms with E-state index in [1.165, 1.54) is 12.1 Å². The first kappa shape index (κ1) is 25.1. The molecule has 3 N–H and O–H groups in total. The quantitative estimate of drug-likeness (QED) is 0.411. The molecule has 1 saturated heterocycles. The lowest BCUT2D eigenvalue weighted by molar-refractivity contribution is -0.142. The van der Waals surface area contributed by atoms with E-state index in [-0.39, 0.29) is 29.7 Å². The summed E-state index contributed by atoms with van der Waals surface area (Å²) in [5.74, 6) is -0.366. The normalized spacial score (nSPS) is 22.4. The van der Waals surface area contributed by atoms with Crippen LogP contribution in [-0.2, 0) is 26.1 Å². The van der Waals surface area contributed by atoms with Crippen LogP contribution in [0.3, 0.4) is 0 Å². The molecule has 0 bridgehead atoms. The highest BCUT2D eigenvalue weighted by Crippen LogP contribution is 2.47. The van der Waals surface area contributed by atoms with Gasteiger partial charge in [0.1, 0.15) is 23.8 Å². The molecule has 0 saturated carbocycles. The topological polar surface area (TPSA) is 127 Å². The molecular formula is C26H26FN3O6S. The molecule has 2 aromatic carbocycles. The van der Waals surface area contributed by atoms with Gasteiger partial charge in [-0.3, -0.25) is 14.5 Å². The van der Waals surface area contributed by atoms with Gasteiger partial charge >= 0.3 is 0 Å². The Balaban J connectivity index is 1.29. The molecule has 2 aliphatic heterocycles. The van der Waals surface area contributed by atoms with E-state index < -0.39 is 34.2 Å². The van der Waals surface area contributed by atoms with E-state index in [4.69, 9.17) is 9.47 Å². The highest BCUT2D eigenvalue weighted by atomic mass is 32.2. The van der Waals surface area contributed by atoms with E-state index in [0.29, 0.717) is 24.4 Å². The zero-order chi connectivity index (χ0) is 26.0. The number of aliphatic hydroxyl groups is 1. The summed E-state index contributed by atoms with van der Waals surface area (Å²) in [6.07, 6.45) is 0.647. The van der Waals surface area contributed by atoms with Gasteiger partial charge in [-0.25, -0.2) is 12.8 Å². The predicted molar refractivity (Wildman–Crippen MR) is 132 cm³/mol. The van der Waals surface area contributed by atoms with Crippen LogP contribution in [0.15, 0.2) is 71.8 Å². The Kier molecular flexibility index (Phi) is 7.09. The summed E-state index contributed by atoms with van der Waals surface area (Å²) in [4.78, 5) is 16.7. The van der Waals surface area contributed by atoms with Gasteiger partial charge in [-0.2, -0.15) is 0 Å². The van der Waals surface area contributed by atoms with Crippen LogP contribution in [0.25, 0.3) is 0 Å². The van der Waals surface area contributed by atoms with Gasteiger partial charge in [-0.1, -0.05) is 6.07 Å². The molecule has 11 heteroatoms. The van der Waals surface area contributed by atoms with Gasteiger partial charge in [0.15, 0.2) is 0 Å². The lowest BCUT2D eigenvalue weighted by atomic mass is 9.84. The maximum Gasteiger partial charge on any atom is 0.261 e. The smallest absolute Gasteiger partial charge is 0.261 e. The average molecular weight is 528 g/mol. The fraction of sp³-hybridized carbons (Fsp3) is 0.308. The monoisotopic (exact) mass is 527 g/mol.